The Morgan fingerprint density at radius 1 is 1.20 bits per heavy atom. The van der Waals surface area contributed by atoms with E-state index in [-0.39, 0.29) is 5.91 Å². The largest absolute Gasteiger partial charge is 0.339 e. The van der Waals surface area contributed by atoms with E-state index in [0.29, 0.717) is 5.92 Å². The summed E-state index contributed by atoms with van der Waals surface area (Å²) in [6, 6.07) is 0.721. The van der Waals surface area contributed by atoms with E-state index in [1.807, 2.05) is 4.90 Å². The van der Waals surface area contributed by atoms with Gasteiger partial charge in [-0.25, -0.2) is 0 Å². The zero-order chi connectivity index (χ0) is 14.4. The van der Waals surface area contributed by atoms with E-state index >= 15 is 0 Å². The summed E-state index contributed by atoms with van der Waals surface area (Å²) in [6.45, 7) is 5.01. The molecule has 0 N–H and O–H groups in total. The van der Waals surface area contributed by atoms with Crippen molar-refractivity contribution in [3.63, 3.8) is 0 Å². The number of hydrogen-bond donors (Lipinski definition) is 0. The van der Waals surface area contributed by atoms with Crippen LogP contribution >= 0.6 is 0 Å². The first kappa shape index (κ1) is 15.6. The Morgan fingerprint density at radius 2 is 1.95 bits per heavy atom. The maximum atomic E-state index is 12.1. The van der Waals surface area contributed by atoms with Crippen LogP contribution in [0.4, 0.5) is 0 Å². The molecule has 0 aromatic heterocycles. The van der Waals surface area contributed by atoms with E-state index in [1.165, 1.54) is 38.5 Å². The second-order valence-electron chi connectivity index (χ2n) is 6.67. The minimum atomic E-state index is 0.202. The minimum absolute atomic E-state index is 0.202. The Kier molecular flexibility index (Phi) is 6.08. The lowest BCUT2D eigenvalue weighted by Gasteiger charge is -2.31. The number of carbonyl (C=O) groups excluding carboxylic acids is 1. The van der Waals surface area contributed by atoms with Crippen LogP contribution in [0.15, 0.2) is 12.2 Å². The first-order valence-electron chi connectivity index (χ1n) is 8.32. The Labute approximate surface area is 124 Å². The van der Waals surface area contributed by atoms with Gasteiger partial charge in [0, 0.05) is 31.8 Å². The minimum Gasteiger partial charge on any atom is -0.339 e. The van der Waals surface area contributed by atoms with E-state index in [1.54, 1.807) is 6.08 Å². The van der Waals surface area contributed by atoms with Crippen LogP contribution in [0.3, 0.4) is 0 Å². The lowest BCUT2D eigenvalue weighted by Crippen LogP contribution is -2.38. The van der Waals surface area contributed by atoms with Gasteiger partial charge in [-0.2, -0.15) is 0 Å². The number of amides is 1. The third-order valence-corrected chi connectivity index (χ3v) is 4.82. The molecule has 0 unspecified atom stereocenters. The number of likely N-dealkylation sites (tertiary alicyclic amines) is 1. The highest BCUT2D eigenvalue weighted by molar-refractivity contribution is 5.87. The molecule has 114 valence electrons. The van der Waals surface area contributed by atoms with E-state index < -0.39 is 0 Å². The summed E-state index contributed by atoms with van der Waals surface area (Å²) in [6.07, 6.45) is 13.0. The number of likely N-dealkylation sites (N-methyl/N-ethyl adjacent to an activating group) is 1. The van der Waals surface area contributed by atoms with Gasteiger partial charge in [-0.05, 0) is 38.6 Å². The molecular formula is C17H30N2O. The van der Waals surface area contributed by atoms with Crippen LogP contribution in [0.2, 0.25) is 0 Å². The Hall–Kier alpha value is -0.830. The summed E-state index contributed by atoms with van der Waals surface area (Å²) in [4.78, 5) is 16.5. The van der Waals surface area contributed by atoms with E-state index in [4.69, 9.17) is 0 Å². The summed E-state index contributed by atoms with van der Waals surface area (Å²) >= 11 is 0. The fraction of sp³-hybridized carbons (Fsp3) is 0.824. The fourth-order valence-electron chi connectivity index (χ4n) is 3.49. The molecule has 0 radical (unpaired) electrons. The zero-order valence-corrected chi connectivity index (χ0v) is 13.2. The van der Waals surface area contributed by atoms with Gasteiger partial charge >= 0.3 is 0 Å². The third-order valence-electron chi connectivity index (χ3n) is 4.82. The number of nitrogens with zero attached hydrogens (tertiary/aromatic N) is 2. The smallest absolute Gasteiger partial charge is 0.246 e. The van der Waals surface area contributed by atoms with Gasteiger partial charge in [0.2, 0.25) is 5.91 Å². The monoisotopic (exact) mass is 278 g/mol. The highest BCUT2D eigenvalue weighted by Crippen LogP contribution is 2.21. The maximum absolute atomic E-state index is 12.1. The van der Waals surface area contributed by atoms with Crippen LogP contribution in [-0.4, -0.2) is 48.4 Å². The highest BCUT2D eigenvalue weighted by Gasteiger charge is 2.19. The van der Waals surface area contributed by atoms with Crippen molar-refractivity contribution in [3.8, 4) is 0 Å². The SMILES string of the molecule is C[C@@H]1CCCN(C(=O)/C=C/CN(C)C2CCCCC2)C1. The van der Waals surface area contributed by atoms with Gasteiger partial charge in [0.05, 0.1) is 0 Å². The Balaban J connectivity index is 1.73. The molecule has 0 spiro atoms. The molecule has 2 fully saturated rings. The second-order valence-corrected chi connectivity index (χ2v) is 6.67. The van der Waals surface area contributed by atoms with Gasteiger partial charge < -0.3 is 4.90 Å². The van der Waals surface area contributed by atoms with E-state index in [9.17, 15) is 4.79 Å². The van der Waals surface area contributed by atoms with Crippen LogP contribution in [0.1, 0.15) is 51.9 Å². The molecule has 0 bridgehead atoms. The molecule has 20 heavy (non-hydrogen) atoms. The highest BCUT2D eigenvalue weighted by atomic mass is 16.2. The fourth-order valence-corrected chi connectivity index (χ4v) is 3.49. The van der Waals surface area contributed by atoms with Crippen LogP contribution < -0.4 is 0 Å². The van der Waals surface area contributed by atoms with Crippen molar-refractivity contribution in [2.45, 2.75) is 57.9 Å². The first-order valence-corrected chi connectivity index (χ1v) is 8.32. The molecule has 0 aromatic carbocycles. The molecule has 1 aliphatic heterocycles. The van der Waals surface area contributed by atoms with Crippen LogP contribution in [0.5, 0.6) is 0 Å². The average Bonchev–Trinajstić information content (AvgIpc) is 2.48. The van der Waals surface area contributed by atoms with E-state index in [2.05, 4.69) is 24.9 Å². The molecule has 1 aliphatic carbocycles. The molecule has 0 aromatic rings. The van der Waals surface area contributed by atoms with Crippen LogP contribution in [0, 0.1) is 5.92 Å². The lowest BCUT2D eigenvalue weighted by molar-refractivity contribution is -0.127. The van der Waals surface area contributed by atoms with Gasteiger partial charge in [0.25, 0.3) is 0 Å². The quantitative estimate of drug-likeness (QED) is 0.738. The molecule has 1 amide bonds. The molecule has 1 atom stereocenters. The van der Waals surface area contributed by atoms with Crippen molar-refractivity contribution in [1.29, 1.82) is 0 Å². The van der Waals surface area contributed by atoms with Gasteiger partial charge in [0.1, 0.15) is 0 Å². The van der Waals surface area contributed by atoms with Crippen LogP contribution in [-0.2, 0) is 4.79 Å². The van der Waals surface area contributed by atoms with Gasteiger partial charge in [-0.3, -0.25) is 9.69 Å². The number of rotatable bonds is 4. The molecule has 1 saturated carbocycles. The summed E-state index contributed by atoms with van der Waals surface area (Å²) in [5.74, 6) is 0.861. The molecule has 2 rings (SSSR count). The van der Waals surface area contributed by atoms with Gasteiger partial charge in [-0.15, -0.1) is 0 Å². The normalized spacial score (nSPS) is 25.6. The third kappa shape index (κ3) is 4.62. The van der Waals surface area contributed by atoms with Crippen molar-refractivity contribution in [3.05, 3.63) is 12.2 Å². The van der Waals surface area contributed by atoms with Crippen LogP contribution in [0.25, 0.3) is 0 Å². The summed E-state index contributed by atoms with van der Waals surface area (Å²) < 4.78 is 0. The summed E-state index contributed by atoms with van der Waals surface area (Å²) in [5.41, 5.74) is 0. The number of hydrogen-bond acceptors (Lipinski definition) is 2. The van der Waals surface area contributed by atoms with Crippen molar-refractivity contribution >= 4 is 5.91 Å². The number of piperidine rings is 1. The van der Waals surface area contributed by atoms with Crippen molar-refractivity contribution in [2.24, 2.45) is 5.92 Å². The van der Waals surface area contributed by atoms with Crippen molar-refractivity contribution in [2.75, 3.05) is 26.7 Å². The maximum Gasteiger partial charge on any atom is 0.246 e. The van der Waals surface area contributed by atoms with Crippen molar-refractivity contribution < 1.29 is 4.79 Å². The topological polar surface area (TPSA) is 23.6 Å². The summed E-state index contributed by atoms with van der Waals surface area (Å²) in [5, 5.41) is 0. The zero-order valence-electron chi connectivity index (χ0n) is 13.2. The Morgan fingerprint density at radius 3 is 2.65 bits per heavy atom. The molecule has 1 heterocycles. The lowest BCUT2D eigenvalue weighted by atomic mass is 9.94. The summed E-state index contributed by atoms with van der Waals surface area (Å²) in [7, 11) is 2.19. The van der Waals surface area contributed by atoms with Gasteiger partial charge in [-0.1, -0.05) is 32.3 Å². The predicted octanol–water partition coefficient (Wildman–Crippen LogP) is 3.07. The molecule has 1 saturated heterocycles. The molecule has 3 nitrogen and oxygen atoms in total. The molecular weight excluding hydrogens is 248 g/mol. The standard InChI is InChI=1S/C17H30N2O/c1-15-8-6-13-19(14-15)17(20)11-7-12-18(2)16-9-4-3-5-10-16/h7,11,15-16H,3-6,8-10,12-14H2,1-2H3/b11-7+/t15-/m1/s1. The first-order chi connectivity index (χ1) is 9.66. The van der Waals surface area contributed by atoms with Gasteiger partial charge in [0.15, 0.2) is 0 Å². The van der Waals surface area contributed by atoms with Crippen molar-refractivity contribution in [1.82, 2.24) is 9.80 Å². The number of carbonyl (C=O) groups is 1. The molecule has 3 heteroatoms. The second kappa shape index (κ2) is 7.82. The predicted molar refractivity (Wildman–Crippen MR) is 83.6 cm³/mol. The molecule has 2 aliphatic rings. The van der Waals surface area contributed by atoms with E-state index in [0.717, 1.165) is 32.1 Å². The Bertz CT molecular complexity index is 334. The average molecular weight is 278 g/mol.